The minimum absolute atomic E-state index is 0.0505. The minimum atomic E-state index is -0.973. The molecular formula is C18H19N7O2. The Morgan fingerprint density at radius 1 is 0.815 bits per heavy atom. The average Bonchev–Trinajstić information content (AvgIpc) is 2.69. The van der Waals surface area contributed by atoms with Crippen LogP contribution in [0.5, 0.6) is 0 Å². The van der Waals surface area contributed by atoms with E-state index in [1.165, 1.54) is 0 Å². The van der Waals surface area contributed by atoms with Crippen molar-refractivity contribution in [3.8, 4) is 0 Å². The van der Waals surface area contributed by atoms with Gasteiger partial charge < -0.3 is 20.8 Å². The molecule has 3 rings (SSSR count). The molecule has 0 aliphatic rings. The van der Waals surface area contributed by atoms with Gasteiger partial charge in [-0.15, -0.1) is 5.11 Å². The van der Waals surface area contributed by atoms with E-state index in [2.05, 4.69) is 35.8 Å². The van der Waals surface area contributed by atoms with E-state index in [0.29, 0.717) is 11.9 Å². The van der Waals surface area contributed by atoms with Gasteiger partial charge in [0.1, 0.15) is 0 Å². The molecule has 0 aliphatic carbocycles. The van der Waals surface area contributed by atoms with Crippen molar-refractivity contribution in [3.05, 3.63) is 60.7 Å². The third-order valence-corrected chi connectivity index (χ3v) is 3.35. The molecule has 0 radical (unpaired) electrons. The largest absolute Gasteiger partial charge is 0.394 e. The summed E-state index contributed by atoms with van der Waals surface area (Å²) < 4.78 is 0. The smallest absolute Gasteiger partial charge is 0.275 e. The first-order valence-corrected chi connectivity index (χ1v) is 8.29. The maximum Gasteiger partial charge on any atom is 0.275 e. The molecule has 1 unspecified atom stereocenters. The summed E-state index contributed by atoms with van der Waals surface area (Å²) in [5, 5.41) is 32.1. The van der Waals surface area contributed by atoms with Gasteiger partial charge in [-0.25, -0.2) is 0 Å². The molecule has 0 spiro atoms. The molecule has 0 aliphatic heterocycles. The minimum Gasteiger partial charge on any atom is -0.394 e. The van der Waals surface area contributed by atoms with Crippen LogP contribution in [-0.2, 0) is 0 Å². The zero-order valence-electron chi connectivity index (χ0n) is 14.4. The van der Waals surface area contributed by atoms with Crippen LogP contribution in [0.4, 0.5) is 29.2 Å². The Bertz CT molecular complexity index is 816. The van der Waals surface area contributed by atoms with Gasteiger partial charge in [0.25, 0.3) is 5.95 Å². The van der Waals surface area contributed by atoms with E-state index in [9.17, 15) is 5.11 Å². The molecular weight excluding hydrogens is 346 g/mol. The molecule has 0 amide bonds. The van der Waals surface area contributed by atoms with Crippen LogP contribution < -0.4 is 10.6 Å². The SMILES string of the molecule is OCC(O)CN=Nc1nc(Nc2ccccc2)nc(Nc2ccccc2)n1. The predicted octanol–water partition coefficient (Wildman–Crippen LogP) is 2.80. The van der Waals surface area contributed by atoms with Gasteiger partial charge in [-0.3, -0.25) is 0 Å². The number of nitrogens with one attached hydrogen (secondary N) is 2. The zero-order valence-corrected chi connectivity index (χ0v) is 14.4. The first-order chi connectivity index (χ1) is 13.2. The number of hydrogen-bond acceptors (Lipinski definition) is 9. The summed E-state index contributed by atoms with van der Waals surface area (Å²) >= 11 is 0. The second kappa shape index (κ2) is 9.32. The lowest BCUT2D eigenvalue weighted by molar-refractivity contribution is 0.101. The monoisotopic (exact) mass is 365 g/mol. The fourth-order valence-corrected chi connectivity index (χ4v) is 2.08. The predicted molar refractivity (Wildman–Crippen MR) is 102 cm³/mol. The number of anilines is 4. The Morgan fingerprint density at radius 3 is 1.81 bits per heavy atom. The molecule has 138 valence electrons. The number of benzene rings is 2. The summed E-state index contributed by atoms with van der Waals surface area (Å²) in [4.78, 5) is 12.8. The molecule has 2 aromatic carbocycles. The summed E-state index contributed by atoms with van der Waals surface area (Å²) in [6, 6.07) is 18.9. The zero-order chi connectivity index (χ0) is 18.9. The number of nitrogens with zero attached hydrogens (tertiary/aromatic N) is 5. The molecule has 1 atom stereocenters. The highest BCUT2D eigenvalue weighted by Crippen LogP contribution is 2.19. The second-order valence-electron chi connectivity index (χ2n) is 5.53. The Labute approximate surface area is 155 Å². The molecule has 9 heteroatoms. The molecule has 9 nitrogen and oxygen atoms in total. The summed E-state index contributed by atoms with van der Waals surface area (Å²) in [5.74, 6) is 0.671. The molecule has 4 N–H and O–H groups in total. The second-order valence-corrected chi connectivity index (χ2v) is 5.53. The third-order valence-electron chi connectivity index (χ3n) is 3.35. The number of aliphatic hydroxyl groups is 2. The van der Waals surface area contributed by atoms with Gasteiger partial charge in [0.05, 0.1) is 19.3 Å². The molecule has 1 heterocycles. The lowest BCUT2D eigenvalue weighted by Gasteiger charge is -2.08. The number of rotatable bonds is 8. The fourth-order valence-electron chi connectivity index (χ4n) is 2.08. The summed E-state index contributed by atoms with van der Waals surface area (Å²) in [7, 11) is 0. The van der Waals surface area contributed by atoms with Gasteiger partial charge >= 0.3 is 0 Å². The Balaban J connectivity index is 1.84. The van der Waals surface area contributed by atoms with Crippen LogP contribution in [0.1, 0.15) is 0 Å². The van der Waals surface area contributed by atoms with Crippen LogP contribution in [0, 0.1) is 0 Å². The number of para-hydroxylation sites is 2. The van der Waals surface area contributed by atoms with Gasteiger partial charge in [0.15, 0.2) is 0 Å². The lowest BCUT2D eigenvalue weighted by atomic mass is 10.3. The van der Waals surface area contributed by atoms with Crippen molar-refractivity contribution in [2.24, 2.45) is 10.2 Å². The normalized spacial score (nSPS) is 12.1. The molecule has 3 aromatic rings. The maximum atomic E-state index is 9.35. The summed E-state index contributed by atoms with van der Waals surface area (Å²) in [6.45, 7) is -0.442. The summed E-state index contributed by atoms with van der Waals surface area (Å²) in [5.41, 5.74) is 1.63. The lowest BCUT2D eigenvalue weighted by Crippen LogP contribution is -2.15. The van der Waals surface area contributed by atoms with Crippen molar-refractivity contribution in [1.29, 1.82) is 0 Å². The Hall–Kier alpha value is -3.43. The average molecular weight is 365 g/mol. The van der Waals surface area contributed by atoms with E-state index in [0.717, 1.165) is 11.4 Å². The number of aromatic nitrogens is 3. The van der Waals surface area contributed by atoms with Crippen molar-refractivity contribution in [3.63, 3.8) is 0 Å². The highest BCUT2D eigenvalue weighted by molar-refractivity contribution is 5.58. The maximum absolute atomic E-state index is 9.35. The summed E-state index contributed by atoms with van der Waals surface area (Å²) in [6.07, 6.45) is -0.973. The van der Waals surface area contributed by atoms with E-state index in [4.69, 9.17) is 5.11 Å². The molecule has 0 saturated heterocycles. The number of aliphatic hydroxyl groups excluding tert-OH is 2. The molecule has 0 fully saturated rings. The van der Waals surface area contributed by atoms with Gasteiger partial charge in [0, 0.05) is 11.4 Å². The quantitative estimate of drug-likeness (QED) is 0.452. The van der Waals surface area contributed by atoms with Crippen molar-refractivity contribution in [2.45, 2.75) is 6.10 Å². The molecule has 0 bridgehead atoms. The van der Waals surface area contributed by atoms with Crippen molar-refractivity contribution >= 4 is 29.2 Å². The van der Waals surface area contributed by atoms with Crippen molar-refractivity contribution in [2.75, 3.05) is 23.8 Å². The van der Waals surface area contributed by atoms with Gasteiger partial charge in [-0.2, -0.15) is 20.1 Å². The highest BCUT2D eigenvalue weighted by atomic mass is 16.3. The molecule has 27 heavy (non-hydrogen) atoms. The van der Waals surface area contributed by atoms with Crippen LogP contribution in [0.15, 0.2) is 70.9 Å². The Morgan fingerprint density at radius 2 is 1.33 bits per heavy atom. The first-order valence-electron chi connectivity index (χ1n) is 8.29. The Kier molecular flexibility index (Phi) is 6.34. The van der Waals surface area contributed by atoms with Crippen LogP contribution in [0.2, 0.25) is 0 Å². The molecule has 1 aromatic heterocycles. The van der Waals surface area contributed by atoms with Gasteiger partial charge in [-0.1, -0.05) is 36.4 Å². The van der Waals surface area contributed by atoms with Crippen molar-refractivity contribution < 1.29 is 10.2 Å². The van der Waals surface area contributed by atoms with E-state index in [1.54, 1.807) is 0 Å². The van der Waals surface area contributed by atoms with Crippen LogP contribution in [0.25, 0.3) is 0 Å². The highest BCUT2D eigenvalue weighted by Gasteiger charge is 2.08. The van der Waals surface area contributed by atoms with E-state index in [1.807, 2.05) is 60.7 Å². The first kappa shape index (κ1) is 18.4. The van der Waals surface area contributed by atoms with Crippen LogP contribution in [0.3, 0.4) is 0 Å². The number of azo groups is 1. The van der Waals surface area contributed by atoms with E-state index >= 15 is 0 Å². The number of hydrogen-bond donors (Lipinski definition) is 4. The van der Waals surface area contributed by atoms with Gasteiger partial charge in [0.2, 0.25) is 11.9 Å². The fraction of sp³-hybridized carbons (Fsp3) is 0.167. The standard InChI is InChI=1S/C18H19N7O2/c26-12-15(27)11-19-25-18-23-16(20-13-7-3-1-4-8-13)22-17(24-18)21-14-9-5-2-6-10-14/h1-10,15,26-27H,11-12H2,(H2,20,21,22,23,24). The van der Waals surface area contributed by atoms with Gasteiger partial charge in [-0.05, 0) is 24.3 Å². The van der Waals surface area contributed by atoms with E-state index in [-0.39, 0.29) is 12.5 Å². The topological polar surface area (TPSA) is 128 Å². The molecule has 0 saturated carbocycles. The third kappa shape index (κ3) is 5.80. The van der Waals surface area contributed by atoms with E-state index < -0.39 is 12.7 Å². The van der Waals surface area contributed by atoms with Crippen LogP contribution in [-0.4, -0.2) is 44.4 Å². The van der Waals surface area contributed by atoms with Crippen LogP contribution >= 0.6 is 0 Å². The van der Waals surface area contributed by atoms with Crippen molar-refractivity contribution in [1.82, 2.24) is 15.0 Å².